The predicted molar refractivity (Wildman–Crippen MR) is 90.2 cm³/mol. The fourth-order valence-corrected chi connectivity index (χ4v) is 3.06. The molecule has 5 nitrogen and oxygen atoms in total. The highest BCUT2D eigenvalue weighted by Crippen LogP contribution is 2.30. The van der Waals surface area contributed by atoms with E-state index < -0.39 is 5.60 Å². The second-order valence-electron chi connectivity index (χ2n) is 6.97. The van der Waals surface area contributed by atoms with Crippen molar-refractivity contribution in [2.75, 3.05) is 19.6 Å². The Balaban J connectivity index is 1.59. The summed E-state index contributed by atoms with van der Waals surface area (Å²) < 4.78 is 1.81. The largest absolute Gasteiger partial charge is 0.382 e. The van der Waals surface area contributed by atoms with E-state index in [-0.39, 0.29) is 6.04 Å². The minimum absolute atomic E-state index is 0.263. The van der Waals surface area contributed by atoms with Gasteiger partial charge in [0.05, 0.1) is 6.20 Å². The quantitative estimate of drug-likeness (QED) is 0.920. The van der Waals surface area contributed by atoms with E-state index in [0.29, 0.717) is 12.2 Å². The lowest BCUT2D eigenvalue weighted by atomic mass is 10.00. The Bertz CT molecular complexity index is 649. The molecule has 23 heavy (non-hydrogen) atoms. The summed E-state index contributed by atoms with van der Waals surface area (Å²) in [7, 11) is 0. The number of rotatable bonds is 5. The number of aryl methyl sites for hydroxylation is 1. The molecule has 1 saturated heterocycles. The van der Waals surface area contributed by atoms with E-state index in [4.69, 9.17) is 0 Å². The molecule has 3 rings (SSSR count). The summed E-state index contributed by atoms with van der Waals surface area (Å²) in [6.07, 6.45) is 3.61. The zero-order valence-corrected chi connectivity index (χ0v) is 14.2. The highest BCUT2D eigenvalue weighted by molar-refractivity contribution is 5.21. The standard InChI is InChI=1S/C18H26N4O/c1-14(2)22-12-17(19-20-22)18(23)9-11-21(13-18)10-8-16-6-4-15(3)5-7-16/h4-7,12,14,23H,8-11,13H2,1-3H3. The van der Waals surface area contributed by atoms with Crippen LogP contribution in [0.5, 0.6) is 0 Å². The van der Waals surface area contributed by atoms with Gasteiger partial charge in [-0.25, -0.2) is 4.68 Å². The van der Waals surface area contributed by atoms with Crippen molar-refractivity contribution in [3.8, 4) is 0 Å². The summed E-state index contributed by atoms with van der Waals surface area (Å²) in [6, 6.07) is 8.94. The summed E-state index contributed by atoms with van der Waals surface area (Å²) in [5.74, 6) is 0. The van der Waals surface area contributed by atoms with Crippen molar-refractivity contribution >= 4 is 0 Å². The molecule has 0 bridgehead atoms. The Morgan fingerprint density at radius 2 is 2.00 bits per heavy atom. The smallest absolute Gasteiger partial charge is 0.124 e. The minimum Gasteiger partial charge on any atom is -0.382 e. The second kappa shape index (κ2) is 6.42. The van der Waals surface area contributed by atoms with Crippen molar-refractivity contribution in [1.29, 1.82) is 0 Å². The van der Waals surface area contributed by atoms with Crippen molar-refractivity contribution < 1.29 is 5.11 Å². The van der Waals surface area contributed by atoms with Crippen LogP contribution >= 0.6 is 0 Å². The molecule has 2 heterocycles. The molecule has 124 valence electrons. The second-order valence-corrected chi connectivity index (χ2v) is 6.97. The number of hydrogen-bond acceptors (Lipinski definition) is 4. The summed E-state index contributed by atoms with van der Waals surface area (Å²) in [6.45, 7) is 8.72. The lowest BCUT2D eigenvalue weighted by Gasteiger charge is -2.21. The van der Waals surface area contributed by atoms with Crippen LogP contribution in [0.15, 0.2) is 30.5 Å². The molecule has 0 spiro atoms. The van der Waals surface area contributed by atoms with Gasteiger partial charge in [0.1, 0.15) is 11.3 Å². The van der Waals surface area contributed by atoms with E-state index in [9.17, 15) is 5.11 Å². The van der Waals surface area contributed by atoms with Crippen molar-refractivity contribution in [1.82, 2.24) is 19.9 Å². The highest BCUT2D eigenvalue weighted by atomic mass is 16.3. The van der Waals surface area contributed by atoms with Crippen molar-refractivity contribution in [2.24, 2.45) is 0 Å². The summed E-state index contributed by atoms with van der Waals surface area (Å²) in [5, 5.41) is 19.2. The van der Waals surface area contributed by atoms with Crippen LogP contribution in [0.25, 0.3) is 0 Å². The molecule has 1 atom stereocenters. The third-order valence-corrected chi connectivity index (χ3v) is 4.68. The monoisotopic (exact) mass is 314 g/mol. The highest BCUT2D eigenvalue weighted by Gasteiger charge is 2.39. The first-order valence-corrected chi connectivity index (χ1v) is 8.39. The molecule has 2 aromatic rings. The van der Waals surface area contributed by atoms with Gasteiger partial charge in [0.2, 0.25) is 0 Å². The van der Waals surface area contributed by atoms with Gasteiger partial charge in [-0.05, 0) is 39.2 Å². The molecule has 0 radical (unpaired) electrons. The third kappa shape index (κ3) is 3.62. The van der Waals surface area contributed by atoms with Crippen LogP contribution in [0.4, 0.5) is 0 Å². The Kier molecular flexibility index (Phi) is 4.50. The van der Waals surface area contributed by atoms with Crippen LogP contribution in [-0.4, -0.2) is 44.6 Å². The lowest BCUT2D eigenvalue weighted by molar-refractivity contribution is 0.0418. The first-order valence-electron chi connectivity index (χ1n) is 8.39. The number of β-amino-alcohol motifs (C(OH)–C–C–N with tert-alkyl or cyclic N) is 1. The van der Waals surface area contributed by atoms with Gasteiger partial charge in [0.15, 0.2) is 0 Å². The third-order valence-electron chi connectivity index (χ3n) is 4.68. The van der Waals surface area contributed by atoms with E-state index in [1.165, 1.54) is 11.1 Å². The molecule has 0 aliphatic carbocycles. The van der Waals surface area contributed by atoms with Gasteiger partial charge >= 0.3 is 0 Å². The van der Waals surface area contributed by atoms with Crippen molar-refractivity contribution in [3.63, 3.8) is 0 Å². The molecule has 0 saturated carbocycles. The number of nitrogens with zero attached hydrogens (tertiary/aromatic N) is 4. The maximum Gasteiger partial charge on any atom is 0.124 e. The fourth-order valence-electron chi connectivity index (χ4n) is 3.06. The molecule has 1 N–H and O–H groups in total. The first kappa shape index (κ1) is 16.1. The number of hydrogen-bond donors (Lipinski definition) is 1. The van der Waals surface area contributed by atoms with Crippen LogP contribution < -0.4 is 0 Å². The molecule has 1 aliphatic heterocycles. The molecular formula is C18H26N4O. The Labute approximate surface area is 137 Å². The fraction of sp³-hybridized carbons (Fsp3) is 0.556. The first-order chi connectivity index (χ1) is 11.0. The van der Waals surface area contributed by atoms with Gasteiger partial charge in [-0.2, -0.15) is 0 Å². The van der Waals surface area contributed by atoms with Crippen LogP contribution in [0.2, 0.25) is 0 Å². The van der Waals surface area contributed by atoms with E-state index >= 15 is 0 Å². The maximum atomic E-state index is 10.9. The van der Waals surface area contributed by atoms with Crippen LogP contribution in [0.3, 0.4) is 0 Å². The van der Waals surface area contributed by atoms with Gasteiger partial charge in [-0.3, -0.25) is 4.90 Å². The Morgan fingerprint density at radius 3 is 2.65 bits per heavy atom. The van der Waals surface area contributed by atoms with E-state index in [0.717, 1.165) is 25.9 Å². The summed E-state index contributed by atoms with van der Waals surface area (Å²) >= 11 is 0. The number of benzene rings is 1. The van der Waals surface area contributed by atoms with Crippen LogP contribution in [-0.2, 0) is 12.0 Å². The SMILES string of the molecule is Cc1ccc(CCN2CCC(O)(c3cn(C(C)C)nn3)C2)cc1. The molecule has 0 amide bonds. The predicted octanol–water partition coefficient (Wildman–Crippen LogP) is 2.30. The molecule has 1 aliphatic rings. The minimum atomic E-state index is -0.861. The van der Waals surface area contributed by atoms with E-state index in [2.05, 4.69) is 60.2 Å². The maximum absolute atomic E-state index is 10.9. The van der Waals surface area contributed by atoms with Gasteiger partial charge in [0, 0.05) is 25.7 Å². The average molecular weight is 314 g/mol. The molecule has 1 fully saturated rings. The van der Waals surface area contributed by atoms with Crippen LogP contribution in [0.1, 0.15) is 43.1 Å². The molecule has 5 heteroatoms. The zero-order valence-electron chi connectivity index (χ0n) is 14.2. The Morgan fingerprint density at radius 1 is 1.26 bits per heavy atom. The number of likely N-dealkylation sites (tertiary alicyclic amines) is 1. The average Bonchev–Trinajstić information content (AvgIpc) is 3.15. The normalized spacial score (nSPS) is 22.1. The molecule has 1 unspecified atom stereocenters. The van der Waals surface area contributed by atoms with Gasteiger partial charge in [-0.15, -0.1) is 5.10 Å². The lowest BCUT2D eigenvalue weighted by Crippen LogP contribution is -2.32. The van der Waals surface area contributed by atoms with Crippen LogP contribution in [0, 0.1) is 6.92 Å². The summed E-state index contributed by atoms with van der Waals surface area (Å²) in [5.41, 5.74) is 2.47. The molecule has 1 aromatic carbocycles. The molecular weight excluding hydrogens is 288 g/mol. The number of aromatic nitrogens is 3. The van der Waals surface area contributed by atoms with E-state index in [1.54, 1.807) is 0 Å². The topological polar surface area (TPSA) is 54.2 Å². The van der Waals surface area contributed by atoms with Crippen molar-refractivity contribution in [3.05, 3.63) is 47.3 Å². The van der Waals surface area contributed by atoms with Gasteiger partial charge in [0.25, 0.3) is 0 Å². The zero-order chi connectivity index (χ0) is 16.4. The van der Waals surface area contributed by atoms with Gasteiger partial charge in [-0.1, -0.05) is 35.0 Å². The van der Waals surface area contributed by atoms with Gasteiger partial charge < -0.3 is 5.11 Å². The Hall–Kier alpha value is -1.72. The van der Waals surface area contributed by atoms with E-state index in [1.807, 2.05) is 10.9 Å². The molecule has 1 aromatic heterocycles. The van der Waals surface area contributed by atoms with Crippen molar-refractivity contribution in [2.45, 2.75) is 45.3 Å². The number of aliphatic hydroxyl groups is 1. The summed E-state index contributed by atoms with van der Waals surface area (Å²) in [4.78, 5) is 2.31.